The normalized spacial score (nSPS) is 14.3. The Morgan fingerprint density at radius 3 is 2.46 bits per heavy atom. The topological polar surface area (TPSA) is 79.9 Å². The first-order valence-electron chi connectivity index (χ1n) is 8.40. The van der Waals surface area contributed by atoms with Crippen molar-refractivity contribution >= 4 is 5.97 Å². The van der Waals surface area contributed by atoms with Gasteiger partial charge in [-0.25, -0.2) is 0 Å². The van der Waals surface area contributed by atoms with E-state index in [9.17, 15) is 15.0 Å². The lowest BCUT2D eigenvalue weighted by Gasteiger charge is -2.04. The number of allylic oxidation sites excluding steroid dienone is 2. The van der Waals surface area contributed by atoms with Gasteiger partial charge in [0, 0.05) is 12.8 Å². The quantitative estimate of drug-likeness (QED) is 0.348. The number of hydrogen-bond donors (Lipinski definition) is 2. The summed E-state index contributed by atoms with van der Waals surface area (Å²) in [7, 11) is 1.36. The number of aryl methyl sites for hydroxylation is 1. The summed E-state index contributed by atoms with van der Waals surface area (Å²) in [5.74, 6) is 0.633. The maximum absolute atomic E-state index is 10.9. The van der Waals surface area contributed by atoms with Gasteiger partial charge in [-0.2, -0.15) is 0 Å². The van der Waals surface area contributed by atoms with Gasteiger partial charge < -0.3 is 19.4 Å². The van der Waals surface area contributed by atoms with E-state index in [2.05, 4.69) is 4.74 Å². The number of aliphatic hydroxyl groups excluding tert-OH is 2. The number of methoxy groups -OCH3 is 1. The van der Waals surface area contributed by atoms with Crippen molar-refractivity contribution < 1.29 is 24.2 Å². The predicted molar refractivity (Wildman–Crippen MR) is 92.4 cm³/mol. The van der Waals surface area contributed by atoms with Crippen molar-refractivity contribution in [2.75, 3.05) is 7.11 Å². The average molecular weight is 336 g/mol. The third-order valence-corrected chi connectivity index (χ3v) is 3.59. The lowest BCUT2D eigenvalue weighted by atomic mass is 10.1. The molecule has 1 heterocycles. The van der Waals surface area contributed by atoms with Crippen molar-refractivity contribution in [1.29, 1.82) is 0 Å². The lowest BCUT2D eigenvalue weighted by molar-refractivity contribution is -0.140. The van der Waals surface area contributed by atoms with Gasteiger partial charge in [-0.05, 0) is 44.2 Å². The van der Waals surface area contributed by atoms with Gasteiger partial charge in [-0.3, -0.25) is 4.79 Å². The molecule has 24 heavy (non-hydrogen) atoms. The zero-order valence-corrected chi connectivity index (χ0v) is 14.3. The Hall–Kier alpha value is -1.85. The minimum atomic E-state index is -0.530. The molecule has 2 unspecified atom stereocenters. The van der Waals surface area contributed by atoms with E-state index in [1.54, 1.807) is 18.4 Å². The van der Waals surface area contributed by atoms with Crippen LogP contribution in [0.3, 0.4) is 0 Å². The fourth-order valence-electron chi connectivity index (χ4n) is 2.19. The number of carbonyl (C=O) groups excluding carboxylic acids is 1. The first-order chi connectivity index (χ1) is 11.6. The number of ether oxygens (including phenoxy) is 1. The van der Waals surface area contributed by atoms with Crippen LogP contribution in [-0.2, 0) is 16.0 Å². The van der Waals surface area contributed by atoms with Crippen LogP contribution in [0.15, 0.2) is 47.1 Å². The number of aliphatic hydroxyl groups is 2. The Labute approximate surface area is 143 Å². The molecule has 134 valence electrons. The molecule has 0 aliphatic heterocycles. The van der Waals surface area contributed by atoms with E-state index in [4.69, 9.17) is 4.42 Å². The van der Waals surface area contributed by atoms with Crippen LogP contribution in [0.2, 0.25) is 0 Å². The van der Waals surface area contributed by atoms with Gasteiger partial charge in [0.2, 0.25) is 0 Å². The highest BCUT2D eigenvalue weighted by Gasteiger charge is 2.03. The smallest absolute Gasteiger partial charge is 0.305 e. The summed E-state index contributed by atoms with van der Waals surface area (Å²) in [6, 6.07) is 3.74. The minimum Gasteiger partial charge on any atom is -0.469 e. The molecule has 0 saturated heterocycles. The second kappa shape index (κ2) is 12.6. The third kappa shape index (κ3) is 10.0. The molecule has 0 amide bonds. The van der Waals surface area contributed by atoms with E-state index in [0.29, 0.717) is 25.7 Å². The highest BCUT2D eigenvalue weighted by molar-refractivity contribution is 5.68. The van der Waals surface area contributed by atoms with Crippen molar-refractivity contribution in [3.63, 3.8) is 0 Å². The van der Waals surface area contributed by atoms with Gasteiger partial charge in [0.25, 0.3) is 0 Å². The molecule has 5 nitrogen and oxygen atoms in total. The summed E-state index contributed by atoms with van der Waals surface area (Å²) >= 11 is 0. The van der Waals surface area contributed by atoms with Crippen molar-refractivity contribution in [3.05, 3.63) is 48.5 Å². The lowest BCUT2D eigenvalue weighted by Crippen LogP contribution is -2.05. The first-order valence-corrected chi connectivity index (χ1v) is 8.40. The maximum Gasteiger partial charge on any atom is 0.305 e. The van der Waals surface area contributed by atoms with Crippen molar-refractivity contribution in [2.45, 2.75) is 57.2 Å². The molecule has 0 fully saturated rings. The summed E-state index contributed by atoms with van der Waals surface area (Å²) in [4.78, 5) is 10.9. The zero-order valence-electron chi connectivity index (χ0n) is 14.3. The standard InChI is InChI=1S/C19H28O5/c1-23-19(22)12-6-10-16(20)8-4-2-3-5-9-17(21)13-14-18-11-7-15-24-18/h4-5,7-9,11,15-17,20-21H,2-3,6,10,12-14H2,1H3/b8-4-,9-5+. The largest absolute Gasteiger partial charge is 0.469 e. The third-order valence-electron chi connectivity index (χ3n) is 3.59. The van der Waals surface area contributed by atoms with Gasteiger partial charge in [0.15, 0.2) is 0 Å². The molecule has 0 aromatic carbocycles. The van der Waals surface area contributed by atoms with Crippen LogP contribution in [0.1, 0.15) is 44.3 Å². The molecular formula is C19H28O5. The summed E-state index contributed by atoms with van der Waals surface area (Å²) in [5, 5.41) is 19.6. The number of furan rings is 1. The first kappa shape index (κ1) is 20.2. The summed E-state index contributed by atoms with van der Waals surface area (Å²) in [6.45, 7) is 0. The van der Waals surface area contributed by atoms with Gasteiger partial charge >= 0.3 is 5.97 Å². The monoisotopic (exact) mass is 336 g/mol. The SMILES string of the molecule is COC(=O)CCCC(O)/C=C\CC/C=C/C(O)CCc1ccco1. The van der Waals surface area contributed by atoms with E-state index in [-0.39, 0.29) is 5.97 Å². The molecule has 5 heteroatoms. The van der Waals surface area contributed by atoms with E-state index in [1.165, 1.54) is 7.11 Å². The highest BCUT2D eigenvalue weighted by Crippen LogP contribution is 2.08. The van der Waals surface area contributed by atoms with Crippen LogP contribution in [0.4, 0.5) is 0 Å². The zero-order chi connectivity index (χ0) is 17.6. The number of esters is 1. The predicted octanol–water partition coefficient (Wildman–Crippen LogP) is 3.17. The Balaban J connectivity index is 2.05. The molecule has 0 aliphatic carbocycles. The van der Waals surface area contributed by atoms with Gasteiger partial charge in [0.1, 0.15) is 5.76 Å². The summed E-state index contributed by atoms with van der Waals surface area (Å²) < 4.78 is 9.76. The molecule has 0 radical (unpaired) electrons. The van der Waals surface area contributed by atoms with E-state index < -0.39 is 12.2 Å². The molecule has 1 aromatic rings. The van der Waals surface area contributed by atoms with E-state index in [0.717, 1.165) is 25.0 Å². The molecular weight excluding hydrogens is 308 g/mol. The maximum atomic E-state index is 10.9. The average Bonchev–Trinajstić information content (AvgIpc) is 3.09. The summed E-state index contributed by atoms with van der Waals surface area (Å²) in [6.07, 6.45) is 12.5. The van der Waals surface area contributed by atoms with Crippen molar-refractivity contribution in [2.24, 2.45) is 0 Å². The Morgan fingerprint density at radius 2 is 1.88 bits per heavy atom. The van der Waals surface area contributed by atoms with Crippen LogP contribution in [-0.4, -0.2) is 35.5 Å². The number of rotatable bonds is 12. The molecule has 2 N–H and O–H groups in total. The molecule has 0 bridgehead atoms. The van der Waals surface area contributed by atoms with Crippen LogP contribution >= 0.6 is 0 Å². The van der Waals surface area contributed by atoms with E-state index >= 15 is 0 Å². The van der Waals surface area contributed by atoms with Gasteiger partial charge in [-0.1, -0.05) is 24.3 Å². The second-order valence-electron chi connectivity index (χ2n) is 5.65. The van der Waals surface area contributed by atoms with Crippen LogP contribution in [0, 0.1) is 0 Å². The Kier molecular flexibility index (Phi) is 10.6. The molecule has 1 aromatic heterocycles. The number of carbonyl (C=O) groups is 1. The Morgan fingerprint density at radius 1 is 1.21 bits per heavy atom. The van der Waals surface area contributed by atoms with E-state index in [1.807, 2.05) is 24.3 Å². The minimum absolute atomic E-state index is 0.248. The number of unbranched alkanes of at least 4 members (excludes halogenated alkanes) is 1. The molecule has 2 atom stereocenters. The summed E-state index contributed by atoms with van der Waals surface area (Å²) in [5.41, 5.74) is 0. The van der Waals surface area contributed by atoms with Crippen molar-refractivity contribution in [1.82, 2.24) is 0 Å². The molecule has 0 aliphatic rings. The van der Waals surface area contributed by atoms with Gasteiger partial charge in [-0.15, -0.1) is 0 Å². The fraction of sp³-hybridized carbons (Fsp3) is 0.526. The molecule has 1 rings (SSSR count). The van der Waals surface area contributed by atoms with Crippen LogP contribution in [0.25, 0.3) is 0 Å². The highest BCUT2D eigenvalue weighted by atomic mass is 16.5. The molecule has 0 spiro atoms. The van der Waals surface area contributed by atoms with Crippen LogP contribution < -0.4 is 0 Å². The van der Waals surface area contributed by atoms with Crippen molar-refractivity contribution in [3.8, 4) is 0 Å². The van der Waals surface area contributed by atoms with Crippen LogP contribution in [0.5, 0.6) is 0 Å². The second-order valence-corrected chi connectivity index (χ2v) is 5.65. The number of hydrogen-bond acceptors (Lipinski definition) is 5. The Bertz CT molecular complexity index is 490. The molecule has 0 saturated carbocycles. The van der Waals surface area contributed by atoms with Gasteiger partial charge in [0.05, 0.1) is 25.6 Å². The fourth-order valence-corrected chi connectivity index (χ4v) is 2.19.